The van der Waals surface area contributed by atoms with Gasteiger partial charge in [-0.25, -0.2) is 9.18 Å². The molecule has 0 aliphatic rings. The van der Waals surface area contributed by atoms with Crippen LogP contribution < -0.4 is 4.74 Å². The molecule has 2 N–H and O–H groups in total. The Bertz CT molecular complexity index is 616. The molecular weight excluding hydrogens is 323 g/mol. The molecule has 0 atom stereocenters. The second-order valence-electron chi connectivity index (χ2n) is 4.13. The van der Waals surface area contributed by atoms with Gasteiger partial charge in [0.15, 0.2) is 6.61 Å². The molecule has 2 rings (SSSR count). The van der Waals surface area contributed by atoms with E-state index in [-0.39, 0.29) is 11.6 Å². The maximum Gasteiger partial charge on any atom is 0.341 e. The lowest BCUT2D eigenvalue weighted by molar-refractivity contribution is -0.139. The number of aliphatic carboxylic acids is 2. The van der Waals surface area contributed by atoms with Gasteiger partial charge in [0.25, 0.3) is 0 Å². The number of carboxylic acids is 2. The van der Waals surface area contributed by atoms with Gasteiger partial charge in [-0.1, -0.05) is 18.2 Å². The third-order valence-electron chi connectivity index (χ3n) is 2.28. The van der Waals surface area contributed by atoms with Crippen molar-refractivity contribution in [1.82, 2.24) is 0 Å². The molecule has 0 radical (unpaired) electrons. The SMILES string of the molecule is O=C(O)COc1ccc(F)cc1.O=C(O)CSc1ccccc1. The van der Waals surface area contributed by atoms with E-state index in [1.807, 2.05) is 30.3 Å². The first-order valence-corrected chi connectivity index (χ1v) is 7.45. The Morgan fingerprint density at radius 3 is 2.09 bits per heavy atom. The number of hydrogen-bond donors (Lipinski definition) is 2. The first kappa shape index (κ1) is 18.5. The summed E-state index contributed by atoms with van der Waals surface area (Å²) in [5.41, 5.74) is 0. The Morgan fingerprint density at radius 1 is 0.957 bits per heavy atom. The van der Waals surface area contributed by atoms with Crippen molar-refractivity contribution in [3.63, 3.8) is 0 Å². The molecule has 0 fully saturated rings. The van der Waals surface area contributed by atoms with Crippen molar-refractivity contribution >= 4 is 23.7 Å². The number of ether oxygens (including phenoxy) is 1. The zero-order valence-electron chi connectivity index (χ0n) is 12.0. The molecule has 23 heavy (non-hydrogen) atoms. The molecule has 0 unspecified atom stereocenters. The molecule has 0 aliphatic carbocycles. The topological polar surface area (TPSA) is 83.8 Å². The molecule has 7 heteroatoms. The highest BCUT2D eigenvalue weighted by Gasteiger charge is 1.98. The van der Waals surface area contributed by atoms with Crippen LogP contribution in [-0.4, -0.2) is 34.5 Å². The summed E-state index contributed by atoms with van der Waals surface area (Å²) in [7, 11) is 0. The fourth-order valence-corrected chi connectivity index (χ4v) is 1.98. The van der Waals surface area contributed by atoms with Crippen LogP contribution in [0.1, 0.15) is 0 Å². The Labute approximate surface area is 136 Å². The van der Waals surface area contributed by atoms with Gasteiger partial charge >= 0.3 is 11.9 Å². The smallest absolute Gasteiger partial charge is 0.341 e. The van der Waals surface area contributed by atoms with Crippen LogP contribution in [0, 0.1) is 5.82 Å². The Hall–Kier alpha value is -2.54. The van der Waals surface area contributed by atoms with E-state index in [0.29, 0.717) is 5.75 Å². The van der Waals surface area contributed by atoms with Gasteiger partial charge < -0.3 is 14.9 Å². The predicted octanol–water partition coefficient (Wildman–Crippen LogP) is 3.15. The Morgan fingerprint density at radius 2 is 1.57 bits per heavy atom. The highest BCUT2D eigenvalue weighted by Crippen LogP contribution is 2.15. The molecule has 2 aromatic carbocycles. The molecule has 5 nitrogen and oxygen atoms in total. The Balaban J connectivity index is 0.000000231. The second-order valence-corrected chi connectivity index (χ2v) is 5.18. The fourth-order valence-electron chi connectivity index (χ4n) is 1.34. The summed E-state index contributed by atoms with van der Waals surface area (Å²) in [4.78, 5) is 21.2. The van der Waals surface area contributed by atoms with Crippen LogP contribution in [0.4, 0.5) is 4.39 Å². The molecule has 2 aromatic rings. The van der Waals surface area contributed by atoms with Gasteiger partial charge in [-0.05, 0) is 36.4 Å². The monoisotopic (exact) mass is 338 g/mol. The summed E-state index contributed by atoms with van der Waals surface area (Å²) in [5.74, 6) is -1.74. The van der Waals surface area contributed by atoms with Gasteiger partial charge in [-0.2, -0.15) is 0 Å². The zero-order valence-corrected chi connectivity index (χ0v) is 12.8. The molecule has 0 bridgehead atoms. The van der Waals surface area contributed by atoms with E-state index in [1.54, 1.807) is 0 Å². The minimum Gasteiger partial charge on any atom is -0.482 e. The summed E-state index contributed by atoms with van der Waals surface area (Å²) < 4.78 is 17.1. The standard InChI is InChI=1S/C8H7FO3.C8H8O2S/c9-6-1-3-7(4-2-6)12-5-8(10)11;9-8(10)6-11-7-4-2-1-3-5-7/h1-4H,5H2,(H,10,11);1-5H,6H2,(H,9,10). The van der Waals surface area contributed by atoms with Crippen LogP contribution in [-0.2, 0) is 9.59 Å². The van der Waals surface area contributed by atoms with E-state index in [4.69, 9.17) is 14.9 Å². The fraction of sp³-hybridized carbons (Fsp3) is 0.125. The summed E-state index contributed by atoms with van der Waals surface area (Å²) >= 11 is 1.33. The van der Waals surface area contributed by atoms with Gasteiger partial charge in [0.2, 0.25) is 0 Å². The summed E-state index contributed by atoms with van der Waals surface area (Å²) in [5, 5.41) is 16.6. The van der Waals surface area contributed by atoms with E-state index >= 15 is 0 Å². The third-order valence-corrected chi connectivity index (χ3v) is 3.28. The number of thioether (sulfide) groups is 1. The number of rotatable bonds is 6. The number of carboxylic acid groups (broad SMARTS) is 2. The molecule has 122 valence electrons. The lowest BCUT2D eigenvalue weighted by Crippen LogP contribution is -2.09. The van der Waals surface area contributed by atoms with Crippen LogP contribution in [0.5, 0.6) is 5.75 Å². The molecule has 0 saturated heterocycles. The highest BCUT2D eigenvalue weighted by molar-refractivity contribution is 8.00. The van der Waals surface area contributed by atoms with Crippen LogP contribution in [0.3, 0.4) is 0 Å². The molecule has 0 amide bonds. The van der Waals surface area contributed by atoms with Gasteiger partial charge in [-0.15, -0.1) is 11.8 Å². The Kier molecular flexibility index (Phi) is 8.23. The maximum absolute atomic E-state index is 12.3. The van der Waals surface area contributed by atoms with Crippen molar-refractivity contribution in [3.8, 4) is 5.75 Å². The van der Waals surface area contributed by atoms with E-state index in [0.717, 1.165) is 4.90 Å². The average Bonchev–Trinajstić information content (AvgIpc) is 2.54. The number of benzene rings is 2. The second kappa shape index (κ2) is 10.2. The lowest BCUT2D eigenvalue weighted by atomic mass is 10.3. The lowest BCUT2D eigenvalue weighted by Gasteiger charge is -2.01. The van der Waals surface area contributed by atoms with E-state index < -0.39 is 18.5 Å². The van der Waals surface area contributed by atoms with Crippen molar-refractivity contribution in [2.75, 3.05) is 12.4 Å². The van der Waals surface area contributed by atoms with Crippen LogP contribution in [0.2, 0.25) is 0 Å². The van der Waals surface area contributed by atoms with Crippen LogP contribution in [0.15, 0.2) is 59.5 Å². The highest BCUT2D eigenvalue weighted by atomic mass is 32.2. The number of carbonyl (C=O) groups is 2. The van der Waals surface area contributed by atoms with E-state index in [1.165, 1.54) is 36.0 Å². The summed E-state index contributed by atoms with van der Waals surface area (Å²) in [6.45, 7) is -0.411. The molecule has 0 aliphatic heterocycles. The van der Waals surface area contributed by atoms with E-state index in [2.05, 4.69) is 0 Å². The number of halogens is 1. The first-order valence-electron chi connectivity index (χ1n) is 6.47. The van der Waals surface area contributed by atoms with Gasteiger partial charge in [-0.3, -0.25) is 4.79 Å². The third kappa shape index (κ3) is 9.15. The molecule has 0 spiro atoms. The normalized spacial score (nSPS) is 9.43. The minimum absolute atomic E-state index is 0.129. The minimum atomic E-state index is -1.06. The zero-order chi connectivity index (χ0) is 17.1. The van der Waals surface area contributed by atoms with Crippen LogP contribution in [0.25, 0.3) is 0 Å². The molecule has 0 aromatic heterocycles. The largest absolute Gasteiger partial charge is 0.482 e. The number of hydrogen-bond acceptors (Lipinski definition) is 4. The van der Waals surface area contributed by atoms with Crippen molar-refractivity contribution in [1.29, 1.82) is 0 Å². The molecule has 0 saturated carbocycles. The van der Waals surface area contributed by atoms with Crippen molar-refractivity contribution in [2.24, 2.45) is 0 Å². The van der Waals surface area contributed by atoms with Crippen molar-refractivity contribution in [2.45, 2.75) is 4.90 Å². The summed E-state index contributed by atoms with van der Waals surface area (Å²) in [6, 6.07) is 14.6. The van der Waals surface area contributed by atoms with Crippen molar-refractivity contribution in [3.05, 3.63) is 60.4 Å². The van der Waals surface area contributed by atoms with E-state index in [9.17, 15) is 14.0 Å². The van der Waals surface area contributed by atoms with Gasteiger partial charge in [0.05, 0.1) is 5.75 Å². The van der Waals surface area contributed by atoms with Gasteiger partial charge in [0.1, 0.15) is 11.6 Å². The summed E-state index contributed by atoms with van der Waals surface area (Å²) in [6.07, 6.45) is 0. The maximum atomic E-state index is 12.3. The van der Waals surface area contributed by atoms with Crippen LogP contribution >= 0.6 is 11.8 Å². The average molecular weight is 338 g/mol. The quantitative estimate of drug-likeness (QED) is 0.787. The molecule has 0 heterocycles. The first-order chi connectivity index (χ1) is 11.0. The van der Waals surface area contributed by atoms with Crippen molar-refractivity contribution < 1.29 is 28.9 Å². The van der Waals surface area contributed by atoms with Gasteiger partial charge in [0, 0.05) is 4.90 Å². The molecular formula is C16H15FO5S. The predicted molar refractivity (Wildman–Crippen MR) is 84.3 cm³/mol.